The Labute approximate surface area is 162 Å². The van der Waals surface area contributed by atoms with Gasteiger partial charge in [0, 0.05) is 12.1 Å². The van der Waals surface area contributed by atoms with Gasteiger partial charge >= 0.3 is 0 Å². The molecule has 2 aromatic rings. The number of carbonyl (C=O) groups is 1. The average molecular weight is 367 g/mol. The molecule has 1 aliphatic heterocycles. The summed E-state index contributed by atoms with van der Waals surface area (Å²) in [5, 5.41) is 3.15. The Kier molecular flexibility index (Phi) is 6.88. The lowest BCUT2D eigenvalue weighted by molar-refractivity contribution is 0.0933. The maximum Gasteiger partial charge on any atom is 0.251 e. The molecular weight excluding hydrogens is 336 g/mol. The number of likely N-dealkylation sites (tertiary alicyclic amines) is 1. The van der Waals surface area contributed by atoms with Crippen molar-refractivity contribution < 1.29 is 9.53 Å². The second kappa shape index (κ2) is 9.56. The topological polar surface area (TPSA) is 41.6 Å². The van der Waals surface area contributed by atoms with Crippen molar-refractivity contribution in [3.8, 4) is 5.75 Å². The summed E-state index contributed by atoms with van der Waals surface area (Å²) in [5.41, 5.74) is 3.16. The molecule has 0 unspecified atom stereocenters. The third-order valence-corrected chi connectivity index (χ3v) is 5.33. The van der Waals surface area contributed by atoms with Gasteiger partial charge in [-0.2, -0.15) is 0 Å². The first-order chi connectivity index (χ1) is 13.2. The van der Waals surface area contributed by atoms with Crippen molar-refractivity contribution in [2.75, 3.05) is 26.7 Å². The lowest BCUT2D eigenvalue weighted by atomic mass is 10.0. The number of methoxy groups -OCH3 is 1. The number of rotatable bonds is 6. The first-order valence-electron chi connectivity index (χ1n) is 9.90. The number of ether oxygens (including phenoxy) is 1. The molecule has 0 spiro atoms. The minimum absolute atomic E-state index is 0.0548. The number of aryl methyl sites for hydroxylation is 1. The summed E-state index contributed by atoms with van der Waals surface area (Å²) in [4.78, 5) is 15.2. The molecule has 4 nitrogen and oxygen atoms in total. The van der Waals surface area contributed by atoms with Gasteiger partial charge in [-0.25, -0.2) is 0 Å². The van der Waals surface area contributed by atoms with Crippen LogP contribution in [0.5, 0.6) is 5.75 Å². The van der Waals surface area contributed by atoms with E-state index in [1.807, 2.05) is 18.2 Å². The van der Waals surface area contributed by atoms with E-state index in [4.69, 9.17) is 4.74 Å². The van der Waals surface area contributed by atoms with Crippen LogP contribution in [-0.4, -0.2) is 37.6 Å². The van der Waals surface area contributed by atoms with Gasteiger partial charge in [-0.1, -0.05) is 48.7 Å². The molecule has 4 heteroatoms. The molecule has 144 valence electrons. The van der Waals surface area contributed by atoms with E-state index in [0.29, 0.717) is 17.9 Å². The maximum absolute atomic E-state index is 12.7. The number of nitrogens with zero attached hydrogens (tertiary/aromatic N) is 1. The monoisotopic (exact) mass is 366 g/mol. The third kappa shape index (κ3) is 5.33. The minimum atomic E-state index is -0.0548. The zero-order chi connectivity index (χ0) is 19.1. The molecule has 3 rings (SSSR count). The summed E-state index contributed by atoms with van der Waals surface area (Å²) >= 11 is 0. The van der Waals surface area contributed by atoms with Crippen molar-refractivity contribution in [1.29, 1.82) is 0 Å². The van der Waals surface area contributed by atoms with Crippen LogP contribution in [0, 0.1) is 6.92 Å². The van der Waals surface area contributed by atoms with Crippen molar-refractivity contribution in [1.82, 2.24) is 10.2 Å². The Balaban J connectivity index is 1.74. The maximum atomic E-state index is 12.7. The van der Waals surface area contributed by atoms with Gasteiger partial charge in [0.15, 0.2) is 0 Å². The second-order valence-corrected chi connectivity index (χ2v) is 7.32. The van der Waals surface area contributed by atoms with Crippen molar-refractivity contribution in [2.45, 2.75) is 38.6 Å². The highest BCUT2D eigenvalue weighted by Gasteiger charge is 2.22. The predicted molar refractivity (Wildman–Crippen MR) is 109 cm³/mol. The van der Waals surface area contributed by atoms with Crippen LogP contribution in [0.15, 0.2) is 48.5 Å². The molecular formula is C23H30N2O2. The molecule has 1 N–H and O–H groups in total. The van der Waals surface area contributed by atoms with Crippen LogP contribution in [0.4, 0.5) is 0 Å². The SMILES string of the molecule is COc1cccc(C(=O)NC[C@@H](c2ccc(C)cc2)N2CCCCCC2)c1. The van der Waals surface area contributed by atoms with Crippen molar-refractivity contribution in [3.63, 3.8) is 0 Å². The fourth-order valence-corrected chi connectivity index (χ4v) is 3.71. The van der Waals surface area contributed by atoms with Crippen LogP contribution < -0.4 is 10.1 Å². The smallest absolute Gasteiger partial charge is 0.251 e. The van der Waals surface area contributed by atoms with E-state index < -0.39 is 0 Å². The minimum Gasteiger partial charge on any atom is -0.497 e. The van der Waals surface area contributed by atoms with E-state index in [1.165, 1.54) is 36.8 Å². The zero-order valence-corrected chi connectivity index (χ0v) is 16.4. The molecule has 0 aliphatic carbocycles. The molecule has 1 atom stereocenters. The average Bonchev–Trinajstić information content (AvgIpc) is 2.99. The summed E-state index contributed by atoms with van der Waals surface area (Å²) < 4.78 is 5.23. The fraction of sp³-hybridized carbons (Fsp3) is 0.435. The van der Waals surface area contributed by atoms with Crippen LogP contribution in [0.3, 0.4) is 0 Å². The van der Waals surface area contributed by atoms with Crippen LogP contribution in [-0.2, 0) is 0 Å². The molecule has 0 bridgehead atoms. The molecule has 1 aliphatic rings. The molecule has 0 radical (unpaired) electrons. The van der Waals surface area contributed by atoms with Crippen molar-refractivity contribution in [3.05, 3.63) is 65.2 Å². The molecule has 1 heterocycles. The van der Waals surface area contributed by atoms with E-state index in [1.54, 1.807) is 13.2 Å². The standard InChI is InChI=1S/C23H30N2O2/c1-18-10-12-19(13-11-18)22(25-14-5-3-4-6-15-25)17-24-23(26)20-8-7-9-21(16-20)27-2/h7-13,16,22H,3-6,14-15,17H2,1-2H3,(H,24,26)/t22-/m0/s1. The Hall–Kier alpha value is -2.33. The van der Waals surface area contributed by atoms with Gasteiger partial charge in [-0.05, 0) is 56.6 Å². The number of benzene rings is 2. The number of amides is 1. The van der Waals surface area contributed by atoms with Crippen LogP contribution >= 0.6 is 0 Å². The number of carbonyl (C=O) groups excluding carboxylic acids is 1. The second-order valence-electron chi connectivity index (χ2n) is 7.32. The lowest BCUT2D eigenvalue weighted by Crippen LogP contribution is -2.38. The highest BCUT2D eigenvalue weighted by Crippen LogP contribution is 2.24. The molecule has 27 heavy (non-hydrogen) atoms. The summed E-state index contributed by atoms with van der Waals surface area (Å²) in [5.74, 6) is 0.645. The first-order valence-corrected chi connectivity index (χ1v) is 9.90. The van der Waals surface area contributed by atoms with E-state index in [2.05, 4.69) is 41.4 Å². The highest BCUT2D eigenvalue weighted by molar-refractivity contribution is 5.94. The van der Waals surface area contributed by atoms with E-state index in [9.17, 15) is 4.79 Å². The third-order valence-electron chi connectivity index (χ3n) is 5.33. The molecule has 0 aromatic heterocycles. The van der Waals surface area contributed by atoms with Crippen LogP contribution in [0.1, 0.15) is 53.2 Å². The fourth-order valence-electron chi connectivity index (χ4n) is 3.71. The van der Waals surface area contributed by atoms with E-state index >= 15 is 0 Å². The van der Waals surface area contributed by atoms with E-state index in [0.717, 1.165) is 13.1 Å². The van der Waals surface area contributed by atoms with Gasteiger partial charge in [-0.3, -0.25) is 9.69 Å². The molecule has 1 saturated heterocycles. The van der Waals surface area contributed by atoms with Gasteiger partial charge in [0.05, 0.1) is 13.2 Å². The largest absolute Gasteiger partial charge is 0.497 e. The number of nitrogens with one attached hydrogen (secondary N) is 1. The van der Waals surface area contributed by atoms with Gasteiger partial charge in [0.2, 0.25) is 0 Å². The summed E-state index contributed by atoms with van der Waals surface area (Å²) in [7, 11) is 1.61. The summed E-state index contributed by atoms with van der Waals surface area (Å²) in [6.07, 6.45) is 5.05. The van der Waals surface area contributed by atoms with Crippen molar-refractivity contribution in [2.24, 2.45) is 0 Å². The van der Waals surface area contributed by atoms with Gasteiger partial charge in [-0.15, -0.1) is 0 Å². The number of hydrogen-bond acceptors (Lipinski definition) is 3. The number of hydrogen-bond donors (Lipinski definition) is 1. The molecule has 1 fully saturated rings. The normalized spacial score (nSPS) is 16.4. The Morgan fingerprint density at radius 3 is 2.44 bits per heavy atom. The lowest BCUT2D eigenvalue weighted by Gasteiger charge is -2.31. The molecule has 1 amide bonds. The Bertz CT molecular complexity index is 734. The van der Waals surface area contributed by atoms with Crippen molar-refractivity contribution >= 4 is 5.91 Å². The first kappa shape index (κ1) is 19.4. The Morgan fingerprint density at radius 1 is 1.07 bits per heavy atom. The molecule has 2 aromatic carbocycles. The highest BCUT2D eigenvalue weighted by atomic mass is 16.5. The summed E-state index contributed by atoms with van der Waals surface area (Å²) in [6.45, 7) is 4.90. The van der Waals surface area contributed by atoms with E-state index in [-0.39, 0.29) is 11.9 Å². The van der Waals surface area contributed by atoms with Crippen LogP contribution in [0.2, 0.25) is 0 Å². The zero-order valence-electron chi connectivity index (χ0n) is 16.4. The predicted octanol–water partition coefficient (Wildman–Crippen LogP) is 4.35. The van der Waals surface area contributed by atoms with Gasteiger partial charge < -0.3 is 10.1 Å². The van der Waals surface area contributed by atoms with Gasteiger partial charge in [0.1, 0.15) is 5.75 Å². The summed E-state index contributed by atoms with van der Waals surface area (Å²) in [6, 6.07) is 16.2. The van der Waals surface area contributed by atoms with Gasteiger partial charge in [0.25, 0.3) is 5.91 Å². The van der Waals surface area contributed by atoms with Crippen LogP contribution in [0.25, 0.3) is 0 Å². The quantitative estimate of drug-likeness (QED) is 0.826. The Morgan fingerprint density at radius 2 is 1.78 bits per heavy atom. The molecule has 0 saturated carbocycles.